The molecule has 3 aromatic carbocycles. The van der Waals surface area contributed by atoms with Crippen molar-refractivity contribution in [2.24, 2.45) is 0 Å². The zero-order valence-corrected chi connectivity index (χ0v) is 11.9. The van der Waals surface area contributed by atoms with Crippen LogP contribution in [0.3, 0.4) is 0 Å². The molecule has 0 unspecified atom stereocenters. The summed E-state index contributed by atoms with van der Waals surface area (Å²) in [6.45, 7) is 4.37. The number of aryl methyl sites for hydroxylation is 2. The van der Waals surface area contributed by atoms with Crippen LogP contribution in [-0.2, 0) is 0 Å². The fourth-order valence-electron chi connectivity index (χ4n) is 2.74. The third kappa shape index (κ3) is 2.25. The molecule has 0 amide bonds. The summed E-state index contributed by atoms with van der Waals surface area (Å²) in [6.07, 6.45) is 0. The predicted octanol–water partition coefficient (Wildman–Crippen LogP) is 5.64. The van der Waals surface area contributed by atoms with Crippen LogP contribution in [0.5, 0.6) is 0 Å². The SMILES string of the molecule is Cc1ccccc1-c1c(C)cccc1-c1ccccc1. The van der Waals surface area contributed by atoms with Gasteiger partial charge < -0.3 is 0 Å². The van der Waals surface area contributed by atoms with Crippen molar-refractivity contribution in [1.82, 2.24) is 0 Å². The Balaban J connectivity index is 2.29. The van der Waals surface area contributed by atoms with Gasteiger partial charge in [0.25, 0.3) is 0 Å². The van der Waals surface area contributed by atoms with Crippen molar-refractivity contribution in [1.29, 1.82) is 0 Å². The van der Waals surface area contributed by atoms with Crippen molar-refractivity contribution in [3.05, 3.63) is 83.9 Å². The number of rotatable bonds is 2. The molecule has 0 heterocycles. The largest absolute Gasteiger partial charge is 0.0622 e. The minimum atomic E-state index is 1.27. The Hall–Kier alpha value is -2.34. The van der Waals surface area contributed by atoms with E-state index in [4.69, 9.17) is 0 Å². The maximum Gasteiger partial charge on any atom is -0.00735 e. The summed E-state index contributed by atoms with van der Waals surface area (Å²) in [6, 6.07) is 25.7. The van der Waals surface area contributed by atoms with E-state index in [0.717, 1.165) is 0 Å². The Labute approximate surface area is 120 Å². The highest BCUT2D eigenvalue weighted by molar-refractivity contribution is 5.86. The van der Waals surface area contributed by atoms with Crippen LogP contribution < -0.4 is 0 Å². The van der Waals surface area contributed by atoms with Gasteiger partial charge in [0.1, 0.15) is 0 Å². The van der Waals surface area contributed by atoms with Crippen molar-refractivity contribution >= 4 is 0 Å². The molecule has 0 atom stereocenters. The minimum absolute atomic E-state index is 1.27. The smallest absolute Gasteiger partial charge is 0.00735 e. The van der Waals surface area contributed by atoms with Gasteiger partial charge in [-0.15, -0.1) is 0 Å². The van der Waals surface area contributed by atoms with E-state index in [1.54, 1.807) is 0 Å². The average molecular weight is 258 g/mol. The molecular weight excluding hydrogens is 240 g/mol. The molecular formula is C20H18. The van der Waals surface area contributed by atoms with E-state index in [0.29, 0.717) is 0 Å². The van der Waals surface area contributed by atoms with Crippen LogP contribution in [0.2, 0.25) is 0 Å². The third-order valence-electron chi connectivity index (χ3n) is 3.77. The average Bonchev–Trinajstić information content (AvgIpc) is 2.49. The molecule has 20 heavy (non-hydrogen) atoms. The van der Waals surface area contributed by atoms with Crippen LogP contribution in [0.15, 0.2) is 72.8 Å². The van der Waals surface area contributed by atoms with E-state index in [2.05, 4.69) is 86.6 Å². The summed E-state index contributed by atoms with van der Waals surface area (Å²) < 4.78 is 0. The summed E-state index contributed by atoms with van der Waals surface area (Å²) >= 11 is 0. The molecule has 0 nitrogen and oxygen atoms in total. The first-order chi connectivity index (χ1) is 9.77. The molecule has 0 fully saturated rings. The van der Waals surface area contributed by atoms with Crippen LogP contribution in [0, 0.1) is 13.8 Å². The molecule has 3 aromatic rings. The zero-order chi connectivity index (χ0) is 13.9. The van der Waals surface area contributed by atoms with Gasteiger partial charge in [0, 0.05) is 0 Å². The number of hydrogen-bond acceptors (Lipinski definition) is 0. The topological polar surface area (TPSA) is 0 Å². The van der Waals surface area contributed by atoms with Crippen LogP contribution in [0.4, 0.5) is 0 Å². The monoisotopic (exact) mass is 258 g/mol. The molecule has 98 valence electrons. The van der Waals surface area contributed by atoms with Crippen molar-refractivity contribution in [2.75, 3.05) is 0 Å². The maximum absolute atomic E-state index is 2.21. The Bertz CT molecular complexity index is 724. The quantitative estimate of drug-likeness (QED) is 0.558. The normalized spacial score (nSPS) is 10.5. The van der Waals surface area contributed by atoms with Gasteiger partial charge in [-0.05, 0) is 47.2 Å². The summed E-state index contributed by atoms with van der Waals surface area (Å²) in [5.74, 6) is 0. The molecule has 0 bridgehead atoms. The maximum atomic E-state index is 2.21. The molecule has 0 N–H and O–H groups in total. The van der Waals surface area contributed by atoms with Crippen LogP contribution in [0.1, 0.15) is 11.1 Å². The molecule has 0 spiro atoms. The van der Waals surface area contributed by atoms with E-state index in [1.165, 1.54) is 33.4 Å². The molecule has 0 saturated heterocycles. The predicted molar refractivity (Wildman–Crippen MR) is 86.8 cm³/mol. The second-order valence-corrected chi connectivity index (χ2v) is 5.18. The van der Waals surface area contributed by atoms with E-state index >= 15 is 0 Å². The molecule has 0 aliphatic rings. The second-order valence-electron chi connectivity index (χ2n) is 5.18. The Morgan fingerprint density at radius 1 is 0.500 bits per heavy atom. The number of hydrogen-bond donors (Lipinski definition) is 0. The first kappa shape index (κ1) is 12.7. The third-order valence-corrected chi connectivity index (χ3v) is 3.77. The highest BCUT2D eigenvalue weighted by Gasteiger charge is 2.11. The van der Waals surface area contributed by atoms with Crippen LogP contribution in [0.25, 0.3) is 22.3 Å². The lowest BCUT2D eigenvalue weighted by Crippen LogP contribution is -1.91. The Kier molecular flexibility index (Phi) is 3.39. The lowest BCUT2D eigenvalue weighted by molar-refractivity contribution is 1.40. The van der Waals surface area contributed by atoms with E-state index < -0.39 is 0 Å². The van der Waals surface area contributed by atoms with Gasteiger partial charge >= 0.3 is 0 Å². The molecule has 0 aromatic heterocycles. The summed E-state index contributed by atoms with van der Waals surface area (Å²) in [4.78, 5) is 0. The van der Waals surface area contributed by atoms with Gasteiger partial charge in [0.2, 0.25) is 0 Å². The Morgan fingerprint density at radius 2 is 1.10 bits per heavy atom. The fraction of sp³-hybridized carbons (Fsp3) is 0.100. The fourth-order valence-corrected chi connectivity index (χ4v) is 2.74. The van der Waals surface area contributed by atoms with Crippen molar-refractivity contribution < 1.29 is 0 Å². The van der Waals surface area contributed by atoms with E-state index in [9.17, 15) is 0 Å². The molecule has 0 radical (unpaired) electrons. The van der Waals surface area contributed by atoms with Gasteiger partial charge in [0.05, 0.1) is 0 Å². The van der Waals surface area contributed by atoms with Crippen LogP contribution >= 0.6 is 0 Å². The lowest BCUT2D eigenvalue weighted by atomic mass is 9.89. The van der Waals surface area contributed by atoms with Gasteiger partial charge in [0.15, 0.2) is 0 Å². The molecule has 0 aliphatic heterocycles. The summed E-state index contributed by atoms with van der Waals surface area (Å²) in [7, 11) is 0. The van der Waals surface area contributed by atoms with Crippen molar-refractivity contribution in [2.45, 2.75) is 13.8 Å². The van der Waals surface area contributed by atoms with E-state index in [-0.39, 0.29) is 0 Å². The standard InChI is InChI=1S/C20H18/c1-15-9-6-7-13-18(15)20-16(2)10-8-14-19(20)17-11-4-3-5-12-17/h3-14H,1-2H3. The van der Waals surface area contributed by atoms with Crippen LogP contribution in [-0.4, -0.2) is 0 Å². The van der Waals surface area contributed by atoms with Gasteiger partial charge in [-0.1, -0.05) is 72.8 Å². The highest BCUT2D eigenvalue weighted by Crippen LogP contribution is 2.36. The zero-order valence-electron chi connectivity index (χ0n) is 11.9. The van der Waals surface area contributed by atoms with Gasteiger partial charge in [-0.3, -0.25) is 0 Å². The van der Waals surface area contributed by atoms with Gasteiger partial charge in [-0.2, -0.15) is 0 Å². The Morgan fingerprint density at radius 3 is 1.85 bits per heavy atom. The second kappa shape index (κ2) is 5.34. The van der Waals surface area contributed by atoms with E-state index in [1.807, 2.05) is 0 Å². The first-order valence-corrected chi connectivity index (χ1v) is 6.98. The molecule has 3 rings (SSSR count). The minimum Gasteiger partial charge on any atom is -0.0622 e. The molecule has 0 saturated carbocycles. The first-order valence-electron chi connectivity index (χ1n) is 6.98. The van der Waals surface area contributed by atoms with Gasteiger partial charge in [-0.25, -0.2) is 0 Å². The summed E-state index contributed by atoms with van der Waals surface area (Å²) in [5.41, 5.74) is 7.88. The highest BCUT2D eigenvalue weighted by atomic mass is 14.1. The molecule has 0 aliphatic carbocycles. The number of benzene rings is 3. The lowest BCUT2D eigenvalue weighted by Gasteiger charge is -2.15. The van der Waals surface area contributed by atoms with Crippen molar-refractivity contribution in [3.63, 3.8) is 0 Å². The summed E-state index contributed by atoms with van der Waals surface area (Å²) in [5, 5.41) is 0. The van der Waals surface area contributed by atoms with Crippen molar-refractivity contribution in [3.8, 4) is 22.3 Å². The molecule has 0 heteroatoms.